The lowest BCUT2D eigenvalue weighted by Crippen LogP contribution is -2.48. The van der Waals surface area contributed by atoms with Crippen molar-refractivity contribution in [3.05, 3.63) is 29.6 Å². The molecule has 2 heterocycles. The van der Waals surface area contributed by atoms with E-state index in [0.717, 1.165) is 18.8 Å². The first-order valence-electron chi connectivity index (χ1n) is 4.14. The van der Waals surface area contributed by atoms with Crippen molar-refractivity contribution in [2.75, 3.05) is 6.54 Å². The largest absolute Gasteiger partial charge is 0.319 e. The Hall–Kier alpha value is -0.930. The first-order chi connectivity index (χ1) is 5.70. The van der Waals surface area contributed by atoms with Gasteiger partial charge < -0.3 is 11.1 Å². The first kappa shape index (κ1) is 7.71. The fourth-order valence-electron chi connectivity index (χ4n) is 1.64. The molecule has 0 radical (unpaired) electrons. The second-order valence-electron chi connectivity index (χ2n) is 3.53. The van der Waals surface area contributed by atoms with Crippen LogP contribution in [0.4, 0.5) is 0 Å². The van der Waals surface area contributed by atoms with E-state index >= 15 is 0 Å². The third kappa shape index (κ3) is 1.11. The fraction of sp³-hybridized carbons (Fsp3) is 0.444. The van der Waals surface area contributed by atoms with E-state index in [1.54, 1.807) is 6.20 Å². The van der Waals surface area contributed by atoms with Crippen molar-refractivity contribution in [1.29, 1.82) is 0 Å². The fourth-order valence-corrected chi connectivity index (χ4v) is 1.64. The number of aromatic nitrogens is 1. The van der Waals surface area contributed by atoms with E-state index in [2.05, 4.69) is 16.4 Å². The summed E-state index contributed by atoms with van der Waals surface area (Å²) < 4.78 is 0. The Morgan fingerprint density at radius 2 is 2.50 bits per heavy atom. The third-order valence-electron chi connectivity index (χ3n) is 2.24. The van der Waals surface area contributed by atoms with E-state index in [4.69, 9.17) is 5.73 Å². The van der Waals surface area contributed by atoms with Gasteiger partial charge in [-0.15, -0.1) is 0 Å². The predicted octanol–water partition coefficient (Wildman–Crippen LogP) is 0.359. The van der Waals surface area contributed by atoms with E-state index in [1.165, 1.54) is 5.56 Å². The smallest absolute Gasteiger partial charge is 0.0684 e. The molecule has 3 nitrogen and oxygen atoms in total. The number of rotatable bonds is 0. The van der Waals surface area contributed by atoms with Crippen LogP contribution in [0.2, 0.25) is 0 Å². The third-order valence-corrected chi connectivity index (χ3v) is 2.24. The monoisotopic (exact) mass is 163 g/mol. The van der Waals surface area contributed by atoms with Gasteiger partial charge in [0.15, 0.2) is 0 Å². The molecule has 1 atom stereocenters. The van der Waals surface area contributed by atoms with Crippen molar-refractivity contribution in [3.63, 3.8) is 0 Å². The maximum absolute atomic E-state index is 6.06. The van der Waals surface area contributed by atoms with Gasteiger partial charge in [0.1, 0.15) is 0 Å². The summed E-state index contributed by atoms with van der Waals surface area (Å²) in [7, 11) is 0. The molecular weight excluding hydrogens is 150 g/mol. The van der Waals surface area contributed by atoms with E-state index in [9.17, 15) is 0 Å². The highest BCUT2D eigenvalue weighted by Gasteiger charge is 2.28. The summed E-state index contributed by atoms with van der Waals surface area (Å²) in [5, 5.41) is 3.27. The van der Waals surface area contributed by atoms with Crippen LogP contribution in [0.25, 0.3) is 0 Å². The van der Waals surface area contributed by atoms with Crippen molar-refractivity contribution in [1.82, 2.24) is 10.3 Å². The predicted molar refractivity (Wildman–Crippen MR) is 47.5 cm³/mol. The van der Waals surface area contributed by atoms with Crippen LogP contribution in [-0.4, -0.2) is 11.5 Å². The Morgan fingerprint density at radius 3 is 3.25 bits per heavy atom. The van der Waals surface area contributed by atoms with Gasteiger partial charge >= 0.3 is 0 Å². The van der Waals surface area contributed by atoms with Crippen molar-refractivity contribution in [2.24, 2.45) is 5.73 Å². The van der Waals surface area contributed by atoms with Crippen LogP contribution in [0, 0.1) is 0 Å². The number of fused-ring (bicyclic) bond motifs is 1. The van der Waals surface area contributed by atoms with E-state index in [-0.39, 0.29) is 5.54 Å². The van der Waals surface area contributed by atoms with Gasteiger partial charge in [-0.3, -0.25) is 4.98 Å². The average molecular weight is 163 g/mol. The summed E-state index contributed by atoms with van der Waals surface area (Å²) in [5.74, 6) is 0. The zero-order valence-corrected chi connectivity index (χ0v) is 7.17. The number of nitrogens with two attached hydrogens (primary N) is 1. The highest BCUT2D eigenvalue weighted by atomic mass is 15.0. The second kappa shape index (κ2) is 2.54. The van der Waals surface area contributed by atoms with E-state index in [1.807, 2.05) is 13.0 Å². The molecule has 0 aromatic carbocycles. The van der Waals surface area contributed by atoms with Gasteiger partial charge in [-0.2, -0.15) is 0 Å². The SMILES string of the molecule is CC1(N)CNCc2cccnc21. The van der Waals surface area contributed by atoms with Crippen LogP contribution >= 0.6 is 0 Å². The van der Waals surface area contributed by atoms with Gasteiger partial charge in [-0.25, -0.2) is 0 Å². The molecule has 0 saturated heterocycles. The highest BCUT2D eigenvalue weighted by Crippen LogP contribution is 2.22. The molecule has 3 N–H and O–H groups in total. The summed E-state index contributed by atoms with van der Waals surface area (Å²) in [5.41, 5.74) is 8.00. The summed E-state index contributed by atoms with van der Waals surface area (Å²) >= 11 is 0. The molecule has 0 fully saturated rings. The molecule has 1 aromatic rings. The molecular formula is C9H13N3. The van der Waals surface area contributed by atoms with Gasteiger partial charge in [-0.1, -0.05) is 6.07 Å². The van der Waals surface area contributed by atoms with Crippen LogP contribution < -0.4 is 11.1 Å². The Bertz CT molecular complexity index is 294. The quantitative estimate of drug-likeness (QED) is 0.580. The summed E-state index contributed by atoms with van der Waals surface area (Å²) in [6, 6.07) is 4.02. The molecule has 0 saturated carbocycles. The molecule has 0 spiro atoms. The Labute approximate surface area is 72.0 Å². The van der Waals surface area contributed by atoms with E-state index < -0.39 is 0 Å². The van der Waals surface area contributed by atoms with Crippen molar-refractivity contribution < 1.29 is 0 Å². The second-order valence-corrected chi connectivity index (χ2v) is 3.53. The van der Waals surface area contributed by atoms with Crippen LogP contribution in [0.1, 0.15) is 18.2 Å². The summed E-state index contributed by atoms with van der Waals surface area (Å²) in [6.07, 6.45) is 1.80. The lowest BCUT2D eigenvalue weighted by Gasteiger charge is -2.31. The van der Waals surface area contributed by atoms with Gasteiger partial charge in [0.2, 0.25) is 0 Å². The topological polar surface area (TPSA) is 50.9 Å². The number of hydrogen-bond acceptors (Lipinski definition) is 3. The molecule has 1 aromatic heterocycles. The molecule has 1 aliphatic rings. The number of nitrogens with one attached hydrogen (secondary N) is 1. The Morgan fingerprint density at radius 1 is 1.67 bits per heavy atom. The minimum absolute atomic E-state index is 0.311. The van der Waals surface area contributed by atoms with Gasteiger partial charge in [0, 0.05) is 19.3 Å². The maximum Gasteiger partial charge on any atom is 0.0684 e. The number of nitrogens with zero attached hydrogens (tertiary/aromatic N) is 1. The van der Waals surface area contributed by atoms with E-state index in [0.29, 0.717) is 0 Å². The lowest BCUT2D eigenvalue weighted by molar-refractivity contribution is 0.401. The van der Waals surface area contributed by atoms with Crippen LogP contribution in [0.3, 0.4) is 0 Å². The molecule has 2 rings (SSSR count). The Balaban J connectivity index is 2.52. The summed E-state index contributed by atoms with van der Waals surface area (Å²) in [6.45, 7) is 3.69. The minimum Gasteiger partial charge on any atom is -0.319 e. The molecule has 3 heteroatoms. The average Bonchev–Trinajstić information content (AvgIpc) is 2.04. The molecule has 0 aliphatic carbocycles. The maximum atomic E-state index is 6.06. The minimum atomic E-state index is -0.311. The van der Waals surface area contributed by atoms with Gasteiger partial charge in [0.05, 0.1) is 11.2 Å². The normalized spacial score (nSPS) is 28.2. The van der Waals surface area contributed by atoms with Gasteiger partial charge in [0.25, 0.3) is 0 Å². The number of pyridine rings is 1. The Kier molecular flexibility index (Phi) is 1.63. The molecule has 0 bridgehead atoms. The standard InChI is InChI=1S/C9H13N3/c1-9(10)6-11-5-7-3-2-4-12-8(7)9/h2-4,11H,5-6,10H2,1H3. The first-order valence-corrected chi connectivity index (χ1v) is 4.14. The van der Waals surface area contributed by atoms with Crippen molar-refractivity contribution in [3.8, 4) is 0 Å². The van der Waals surface area contributed by atoms with Crippen LogP contribution in [-0.2, 0) is 12.1 Å². The van der Waals surface area contributed by atoms with Crippen LogP contribution in [0.15, 0.2) is 18.3 Å². The van der Waals surface area contributed by atoms with Crippen molar-refractivity contribution in [2.45, 2.75) is 19.0 Å². The number of hydrogen-bond donors (Lipinski definition) is 2. The molecule has 1 unspecified atom stereocenters. The molecule has 12 heavy (non-hydrogen) atoms. The highest BCUT2D eigenvalue weighted by molar-refractivity contribution is 5.28. The van der Waals surface area contributed by atoms with Crippen molar-refractivity contribution >= 4 is 0 Å². The molecule has 64 valence electrons. The zero-order chi connectivity index (χ0) is 8.60. The zero-order valence-electron chi connectivity index (χ0n) is 7.17. The van der Waals surface area contributed by atoms with Gasteiger partial charge in [-0.05, 0) is 18.6 Å². The molecule has 0 amide bonds. The van der Waals surface area contributed by atoms with Crippen LogP contribution in [0.5, 0.6) is 0 Å². The summed E-state index contributed by atoms with van der Waals surface area (Å²) in [4.78, 5) is 4.31. The lowest BCUT2D eigenvalue weighted by atomic mass is 9.91. The molecule has 1 aliphatic heterocycles.